The largest absolute Gasteiger partial charge is 0.480 e. The molecule has 0 radical (unpaired) electrons. The molecular formula is C10H12BrNO4S3. The second kappa shape index (κ2) is 5.72. The number of rotatable bonds is 3. The highest BCUT2D eigenvalue weighted by molar-refractivity contribution is 9.11. The molecule has 0 aromatic carbocycles. The Morgan fingerprint density at radius 2 is 2.26 bits per heavy atom. The average molecular weight is 386 g/mol. The maximum Gasteiger partial charge on any atom is 0.322 e. The molecule has 1 aliphatic rings. The topological polar surface area (TPSA) is 74.7 Å². The van der Waals surface area contributed by atoms with Gasteiger partial charge in [0, 0.05) is 22.9 Å². The molecule has 1 unspecified atom stereocenters. The van der Waals surface area contributed by atoms with Crippen LogP contribution in [-0.4, -0.2) is 47.9 Å². The summed E-state index contributed by atoms with van der Waals surface area (Å²) >= 11 is 6.05. The molecule has 2 rings (SSSR count). The molecule has 1 atom stereocenters. The van der Waals surface area contributed by atoms with Gasteiger partial charge in [0.05, 0.1) is 8.68 Å². The van der Waals surface area contributed by atoms with E-state index in [2.05, 4.69) is 15.9 Å². The normalized spacial score (nSPS) is 21.5. The van der Waals surface area contributed by atoms with E-state index in [9.17, 15) is 13.2 Å². The Morgan fingerprint density at radius 1 is 1.58 bits per heavy atom. The van der Waals surface area contributed by atoms with Gasteiger partial charge in [-0.3, -0.25) is 4.79 Å². The van der Waals surface area contributed by atoms with E-state index in [1.165, 1.54) is 29.2 Å². The van der Waals surface area contributed by atoms with Crippen molar-refractivity contribution in [1.82, 2.24) is 4.31 Å². The molecule has 0 saturated carbocycles. The molecular weight excluding hydrogens is 374 g/mol. The van der Waals surface area contributed by atoms with Gasteiger partial charge in [-0.2, -0.15) is 16.1 Å². The second-order valence-corrected chi connectivity index (χ2v) is 9.66. The van der Waals surface area contributed by atoms with Gasteiger partial charge in [0.15, 0.2) is 0 Å². The molecule has 0 amide bonds. The van der Waals surface area contributed by atoms with Crippen molar-refractivity contribution in [1.29, 1.82) is 0 Å². The molecule has 1 aromatic rings. The first-order valence-electron chi connectivity index (χ1n) is 5.42. The van der Waals surface area contributed by atoms with Crippen LogP contribution in [0.3, 0.4) is 0 Å². The minimum absolute atomic E-state index is 0.197. The Balaban J connectivity index is 2.43. The molecule has 1 fully saturated rings. The molecule has 0 aliphatic carbocycles. The fourth-order valence-corrected chi connectivity index (χ4v) is 7.10. The number of hydrogen-bond acceptors (Lipinski definition) is 5. The molecule has 9 heteroatoms. The van der Waals surface area contributed by atoms with Gasteiger partial charge in [-0.1, -0.05) is 0 Å². The number of thiophene rings is 1. The summed E-state index contributed by atoms with van der Waals surface area (Å²) in [5, 5.41) is 9.17. The number of carbonyl (C=O) groups is 1. The van der Waals surface area contributed by atoms with E-state index in [1.54, 1.807) is 6.92 Å². The lowest BCUT2D eigenvalue weighted by atomic mass is 10.3. The Morgan fingerprint density at radius 3 is 2.79 bits per heavy atom. The zero-order valence-electron chi connectivity index (χ0n) is 10.00. The van der Waals surface area contributed by atoms with E-state index in [4.69, 9.17) is 5.11 Å². The van der Waals surface area contributed by atoms with Crippen molar-refractivity contribution in [2.24, 2.45) is 0 Å². The Hall–Kier alpha value is -0.0900. The summed E-state index contributed by atoms with van der Waals surface area (Å²) in [5.74, 6) is -0.186. The van der Waals surface area contributed by atoms with Gasteiger partial charge in [-0.05, 0) is 28.9 Å². The number of thioether (sulfide) groups is 1. The van der Waals surface area contributed by atoms with Gasteiger partial charge < -0.3 is 5.11 Å². The zero-order valence-corrected chi connectivity index (χ0v) is 14.0. The smallest absolute Gasteiger partial charge is 0.322 e. The quantitative estimate of drug-likeness (QED) is 0.860. The van der Waals surface area contributed by atoms with Crippen LogP contribution in [0.1, 0.15) is 4.88 Å². The standard InChI is InChI=1S/C10H12BrNO4S3/c1-6-8(4-9(11)18-6)19(15,16)12-2-3-17-5-7(12)10(13)14/h4,7H,2-3,5H2,1H3,(H,13,14). The third-order valence-corrected chi connectivity index (χ3v) is 7.53. The Labute approximate surface area is 128 Å². The van der Waals surface area contributed by atoms with Gasteiger partial charge >= 0.3 is 5.97 Å². The van der Waals surface area contributed by atoms with E-state index in [-0.39, 0.29) is 11.4 Å². The Bertz CT molecular complexity index is 598. The summed E-state index contributed by atoms with van der Waals surface area (Å²) in [7, 11) is -3.75. The van der Waals surface area contributed by atoms with Crippen LogP contribution >= 0.6 is 39.0 Å². The van der Waals surface area contributed by atoms with Crippen LogP contribution in [0.5, 0.6) is 0 Å². The number of carboxylic acid groups (broad SMARTS) is 1. The first kappa shape index (κ1) is 15.3. The highest BCUT2D eigenvalue weighted by atomic mass is 79.9. The molecule has 106 valence electrons. The summed E-state index contributed by atoms with van der Waals surface area (Å²) in [4.78, 5) is 12.1. The lowest BCUT2D eigenvalue weighted by Crippen LogP contribution is -2.50. The summed E-state index contributed by atoms with van der Waals surface area (Å²) in [6.07, 6.45) is 0. The molecule has 0 bridgehead atoms. The van der Waals surface area contributed by atoms with Crippen LogP contribution in [-0.2, 0) is 14.8 Å². The van der Waals surface area contributed by atoms with Crippen molar-refractivity contribution in [3.8, 4) is 0 Å². The number of hydrogen-bond donors (Lipinski definition) is 1. The van der Waals surface area contributed by atoms with Crippen molar-refractivity contribution in [2.75, 3.05) is 18.1 Å². The van der Waals surface area contributed by atoms with Crippen LogP contribution in [0.15, 0.2) is 14.7 Å². The first-order valence-corrected chi connectivity index (χ1v) is 9.63. The minimum atomic E-state index is -3.75. The molecule has 5 nitrogen and oxygen atoms in total. The maximum absolute atomic E-state index is 12.6. The predicted octanol–water partition coefficient (Wildman–Crippen LogP) is 2.01. The number of halogens is 1. The highest BCUT2D eigenvalue weighted by Gasteiger charge is 2.39. The van der Waals surface area contributed by atoms with E-state index in [0.29, 0.717) is 16.4 Å². The van der Waals surface area contributed by atoms with Crippen LogP contribution < -0.4 is 0 Å². The monoisotopic (exact) mass is 385 g/mol. The summed E-state index contributed by atoms with van der Waals surface area (Å²) in [6.45, 7) is 1.95. The molecule has 1 N–H and O–H groups in total. The molecule has 1 aromatic heterocycles. The number of nitrogens with zero attached hydrogens (tertiary/aromatic N) is 1. The summed E-state index contributed by atoms with van der Waals surface area (Å²) in [5.41, 5.74) is 0. The number of aliphatic carboxylic acids is 1. The maximum atomic E-state index is 12.6. The van der Waals surface area contributed by atoms with Crippen molar-refractivity contribution >= 4 is 55.0 Å². The lowest BCUT2D eigenvalue weighted by molar-refractivity contribution is -0.140. The Kier molecular flexibility index (Phi) is 4.61. The lowest BCUT2D eigenvalue weighted by Gasteiger charge is -2.31. The third kappa shape index (κ3) is 2.99. The van der Waals surface area contributed by atoms with Crippen molar-refractivity contribution in [3.05, 3.63) is 14.7 Å². The van der Waals surface area contributed by atoms with E-state index >= 15 is 0 Å². The van der Waals surface area contributed by atoms with Crippen LogP contribution in [0.25, 0.3) is 0 Å². The molecule has 19 heavy (non-hydrogen) atoms. The zero-order chi connectivity index (χ0) is 14.2. The summed E-state index contributed by atoms with van der Waals surface area (Å²) in [6, 6.07) is 0.553. The molecule has 2 heterocycles. The number of sulfonamides is 1. The van der Waals surface area contributed by atoms with Gasteiger partial charge in [-0.15, -0.1) is 11.3 Å². The van der Waals surface area contributed by atoms with Gasteiger partial charge in [0.25, 0.3) is 0 Å². The van der Waals surface area contributed by atoms with Gasteiger partial charge in [-0.25, -0.2) is 8.42 Å². The van der Waals surface area contributed by atoms with Gasteiger partial charge in [0.2, 0.25) is 10.0 Å². The van der Waals surface area contributed by atoms with E-state index in [0.717, 1.165) is 8.09 Å². The fraction of sp³-hybridized carbons (Fsp3) is 0.500. The van der Waals surface area contributed by atoms with E-state index < -0.39 is 22.0 Å². The van der Waals surface area contributed by atoms with Crippen LogP contribution in [0.2, 0.25) is 0 Å². The van der Waals surface area contributed by atoms with Crippen molar-refractivity contribution in [3.63, 3.8) is 0 Å². The predicted molar refractivity (Wildman–Crippen MR) is 79.4 cm³/mol. The van der Waals surface area contributed by atoms with Crippen LogP contribution in [0, 0.1) is 6.92 Å². The van der Waals surface area contributed by atoms with Crippen LogP contribution in [0.4, 0.5) is 0 Å². The SMILES string of the molecule is Cc1sc(Br)cc1S(=O)(=O)N1CCSCC1C(=O)O. The van der Waals surface area contributed by atoms with Crippen molar-refractivity contribution < 1.29 is 18.3 Å². The molecule has 1 aliphatic heterocycles. The fourth-order valence-electron chi connectivity index (χ4n) is 1.88. The first-order chi connectivity index (χ1) is 8.84. The highest BCUT2D eigenvalue weighted by Crippen LogP contribution is 2.33. The minimum Gasteiger partial charge on any atom is -0.480 e. The van der Waals surface area contributed by atoms with Gasteiger partial charge in [0.1, 0.15) is 6.04 Å². The number of carboxylic acids is 1. The second-order valence-electron chi connectivity index (χ2n) is 4.02. The molecule has 0 spiro atoms. The van der Waals surface area contributed by atoms with Crippen molar-refractivity contribution in [2.45, 2.75) is 17.9 Å². The number of aryl methyl sites for hydroxylation is 1. The average Bonchev–Trinajstić information content (AvgIpc) is 2.69. The molecule has 1 saturated heterocycles. The van der Waals surface area contributed by atoms with E-state index in [1.807, 2.05) is 0 Å². The third-order valence-electron chi connectivity index (χ3n) is 2.79. The summed E-state index contributed by atoms with van der Waals surface area (Å²) < 4.78 is 27.0.